The van der Waals surface area contributed by atoms with Crippen LogP contribution in [0.5, 0.6) is 0 Å². The number of nitrogens with one attached hydrogen (secondary N) is 1. The molecule has 1 N–H and O–H groups in total. The number of ether oxygens (including phenoxy) is 1. The van der Waals surface area contributed by atoms with Crippen molar-refractivity contribution in [3.05, 3.63) is 36.0 Å². The van der Waals surface area contributed by atoms with E-state index in [1.165, 1.54) is 42.1 Å². The van der Waals surface area contributed by atoms with Crippen LogP contribution in [0.2, 0.25) is 0 Å². The molecule has 1 aromatic heterocycles. The minimum atomic E-state index is -0.456. The Morgan fingerprint density at radius 1 is 1.25 bits per heavy atom. The molecule has 0 saturated heterocycles. The maximum Gasteiger partial charge on any atom is 0.407 e. The first-order chi connectivity index (χ1) is 11.4. The van der Waals surface area contributed by atoms with Crippen molar-refractivity contribution in [2.45, 2.75) is 64.5 Å². The van der Waals surface area contributed by atoms with E-state index < -0.39 is 5.60 Å². The van der Waals surface area contributed by atoms with Crippen LogP contribution in [0.3, 0.4) is 0 Å². The van der Waals surface area contributed by atoms with E-state index in [2.05, 4.69) is 40.3 Å². The number of para-hydroxylation sites is 1. The van der Waals surface area contributed by atoms with Crippen molar-refractivity contribution in [1.29, 1.82) is 0 Å². The smallest absolute Gasteiger partial charge is 0.407 e. The highest BCUT2D eigenvalue weighted by atomic mass is 16.6. The minimum Gasteiger partial charge on any atom is -0.444 e. The maximum atomic E-state index is 11.8. The van der Waals surface area contributed by atoms with E-state index in [0.29, 0.717) is 12.6 Å². The van der Waals surface area contributed by atoms with Gasteiger partial charge in [0.15, 0.2) is 0 Å². The molecule has 130 valence electrons. The number of amides is 1. The van der Waals surface area contributed by atoms with E-state index in [0.717, 1.165) is 6.42 Å². The number of carbonyl (C=O) groups excluding carboxylic acids is 1. The third-order valence-electron chi connectivity index (χ3n) is 4.60. The fourth-order valence-electron chi connectivity index (χ4n) is 3.57. The predicted octanol–water partition coefficient (Wildman–Crippen LogP) is 4.82. The third-order valence-corrected chi connectivity index (χ3v) is 4.60. The molecule has 0 spiro atoms. The van der Waals surface area contributed by atoms with Crippen molar-refractivity contribution in [3.63, 3.8) is 0 Å². The van der Waals surface area contributed by atoms with Crippen LogP contribution in [0.25, 0.3) is 10.9 Å². The molecule has 1 aliphatic rings. The van der Waals surface area contributed by atoms with Gasteiger partial charge < -0.3 is 14.6 Å². The van der Waals surface area contributed by atoms with Gasteiger partial charge in [-0.15, -0.1) is 0 Å². The summed E-state index contributed by atoms with van der Waals surface area (Å²) in [6.45, 7) is 6.22. The first kappa shape index (κ1) is 16.9. The summed E-state index contributed by atoms with van der Waals surface area (Å²) < 4.78 is 7.74. The van der Waals surface area contributed by atoms with Crippen molar-refractivity contribution < 1.29 is 9.53 Å². The number of carbonyl (C=O) groups is 1. The van der Waals surface area contributed by atoms with Crippen LogP contribution in [0.4, 0.5) is 4.79 Å². The predicted molar refractivity (Wildman–Crippen MR) is 97.4 cm³/mol. The van der Waals surface area contributed by atoms with E-state index in [1.807, 2.05) is 20.8 Å². The number of fused-ring (bicyclic) bond motifs is 1. The van der Waals surface area contributed by atoms with Gasteiger partial charge in [-0.1, -0.05) is 31.0 Å². The van der Waals surface area contributed by atoms with Gasteiger partial charge in [-0.25, -0.2) is 4.79 Å². The number of aromatic nitrogens is 1. The van der Waals surface area contributed by atoms with Gasteiger partial charge >= 0.3 is 6.09 Å². The lowest BCUT2D eigenvalue weighted by Crippen LogP contribution is -2.33. The van der Waals surface area contributed by atoms with Gasteiger partial charge in [0.25, 0.3) is 0 Å². The summed E-state index contributed by atoms with van der Waals surface area (Å²) >= 11 is 0. The van der Waals surface area contributed by atoms with Gasteiger partial charge in [0.2, 0.25) is 0 Å². The molecule has 0 radical (unpaired) electrons. The van der Waals surface area contributed by atoms with Crippen LogP contribution in [0.1, 0.15) is 58.1 Å². The van der Waals surface area contributed by atoms with Crippen LogP contribution >= 0.6 is 0 Å². The number of hydrogen-bond acceptors (Lipinski definition) is 2. The Morgan fingerprint density at radius 2 is 1.96 bits per heavy atom. The molecule has 0 unspecified atom stereocenters. The Balaban J connectivity index is 1.69. The lowest BCUT2D eigenvalue weighted by molar-refractivity contribution is 0.0528. The van der Waals surface area contributed by atoms with Crippen LogP contribution in [0, 0.1) is 0 Å². The van der Waals surface area contributed by atoms with Gasteiger partial charge in [0, 0.05) is 29.7 Å². The number of nitrogens with zero attached hydrogens (tertiary/aromatic N) is 1. The number of alkyl carbamates (subject to hydrolysis) is 1. The van der Waals surface area contributed by atoms with E-state index in [4.69, 9.17) is 4.74 Å². The molecular weight excluding hydrogens is 300 g/mol. The zero-order valence-electron chi connectivity index (χ0n) is 15.0. The molecule has 1 aliphatic carbocycles. The molecular formula is C20H28N2O2. The molecule has 0 atom stereocenters. The lowest BCUT2D eigenvalue weighted by atomic mass is 10.1. The Kier molecular flexibility index (Phi) is 4.83. The highest BCUT2D eigenvalue weighted by molar-refractivity contribution is 5.84. The second kappa shape index (κ2) is 6.88. The number of rotatable bonds is 4. The van der Waals surface area contributed by atoms with Crippen LogP contribution in [-0.2, 0) is 11.2 Å². The van der Waals surface area contributed by atoms with E-state index >= 15 is 0 Å². The molecule has 1 aromatic carbocycles. The van der Waals surface area contributed by atoms with Crippen LogP contribution in [0.15, 0.2) is 30.5 Å². The minimum absolute atomic E-state index is 0.345. The van der Waals surface area contributed by atoms with E-state index in [1.54, 1.807) is 0 Å². The summed E-state index contributed by atoms with van der Waals surface area (Å²) in [6, 6.07) is 9.22. The molecule has 1 amide bonds. The molecule has 0 bridgehead atoms. The standard InChI is InChI=1S/C20H28N2O2/c1-20(2,3)24-19(23)21-13-12-15-14-22(16-8-4-5-9-16)18-11-7-6-10-17(15)18/h6-7,10-11,14,16H,4-5,8-9,12-13H2,1-3H3,(H,21,23). The first-order valence-corrected chi connectivity index (χ1v) is 8.99. The molecule has 4 heteroatoms. The normalized spacial score (nSPS) is 15.8. The lowest BCUT2D eigenvalue weighted by Gasteiger charge is -2.19. The van der Waals surface area contributed by atoms with Crippen molar-refractivity contribution >= 4 is 17.0 Å². The molecule has 24 heavy (non-hydrogen) atoms. The Hall–Kier alpha value is -1.97. The zero-order chi connectivity index (χ0) is 17.2. The van der Waals surface area contributed by atoms with Gasteiger partial charge in [-0.05, 0) is 51.7 Å². The SMILES string of the molecule is CC(C)(C)OC(=O)NCCc1cn(C2CCCC2)c2ccccc12. The number of benzene rings is 1. The summed E-state index contributed by atoms with van der Waals surface area (Å²) in [5.41, 5.74) is 2.16. The summed E-state index contributed by atoms with van der Waals surface area (Å²) in [5, 5.41) is 4.16. The van der Waals surface area contributed by atoms with E-state index in [-0.39, 0.29) is 6.09 Å². The van der Waals surface area contributed by atoms with Crippen molar-refractivity contribution in [2.75, 3.05) is 6.54 Å². The van der Waals surface area contributed by atoms with Crippen molar-refractivity contribution in [3.8, 4) is 0 Å². The second-order valence-electron chi connectivity index (χ2n) is 7.70. The van der Waals surface area contributed by atoms with Crippen molar-refractivity contribution in [2.24, 2.45) is 0 Å². The summed E-state index contributed by atoms with van der Waals surface area (Å²) in [7, 11) is 0. The first-order valence-electron chi connectivity index (χ1n) is 8.99. The molecule has 4 nitrogen and oxygen atoms in total. The van der Waals surface area contributed by atoms with E-state index in [9.17, 15) is 4.79 Å². The van der Waals surface area contributed by atoms with Gasteiger partial charge in [-0.2, -0.15) is 0 Å². The monoisotopic (exact) mass is 328 g/mol. The average molecular weight is 328 g/mol. The maximum absolute atomic E-state index is 11.8. The molecule has 1 fully saturated rings. The highest BCUT2D eigenvalue weighted by Crippen LogP contribution is 2.34. The fraction of sp³-hybridized carbons (Fsp3) is 0.550. The molecule has 0 aliphatic heterocycles. The Bertz CT molecular complexity index is 706. The number of hydrogen-bond donors (Lipinski definition) is 1. The summed E-state index contributed by atoms with van der Waals surface area (Å²) in [4.78, 5) is 11.8. The topological polar surface area (TPSA) is 43.3 Å². The Morgan fingerprint density at radius 3 is 2.67 bits per heavy atom. The average Bonchev–Trinajstić information content (AvgIpc) is 3.13. The van der Waals surface area contributed by atoms with Gasteiger partial charge in [-0.3, -0.25) is 0 Å². The largest absolute Gasteiger partial charge is 0.444 e. The highest BCUT2D eigenvalue weighted by Gasteiger charge is 2.20. The molecule has 3 rings (SSSR count). The van der Waals surface area contributed by atoms with Crippen LogP contribution in [-0.4, -0.2) is 22.8 Å². The van der Waals surface area contributed by atoms with Gasteiger partial charge in [0.1, 0.15) is 5.60 Å². The molecule has 1 saturated carbocycles. The van der Waals surface area contributed by atoms with Gasteiger partial charge in [0.05, 0.1) is 0 Å². The Labute approximate surface area is 144 Å². The second-order valence-corrected chi connectivity index (χ2v) is 7.70. The quantitative estimate of drug-likeness (QED) is 0.874. The zero-order valence-corrected chi connectivity index (χ0v) is 15.0. The summed E-state index contributed by atoms with van der Waals surface area (Å²) in [5.74, 6) is 0. The summed E-state index contributed by atoms with van der Waals surface area (Å²) in [6.07, 6.45) is 7.96. The third kappa shape index (κ3) is 3.92. The molecule has 2 aromatic rings. The molecule has 1 heterocycles. The van der Waals surface area contributed by atoms with Crippen LogP contribution < -0.4 is 5.32 Å². The fourth-order valence-corrected chi connectivity index (χ4v) is 3.57. The van der Waals surface area contributed by atoms with Crippen molar-refractivity contribution in [1.82, 2.24) is 9.88 Å².